The van der Waals surface area contributed by atoms with E-state index in [-0.39, 0.29) is 95.6 Å². The molecule has 10 fully saturated rings. The van der Waals surface area contributed by atoms with E-state index >= 15 is 0 Å². The SMILES string of the molecule is CC(C)Oc1ccc2nc(NC(=O)CCOC(C)(C)C)n(CC(F)(F)F)c2n1.CC1(C)CCC(CC(=O)Nc2nc3ccc(Cl)nc3n2C2CCC2)O1.Cc1ccc2nc(NC(=O)CCC3CCCC3)n(C3CCC3)c2n1.Cc1ccc2nc(NC(=O)CCC3CCCO3)n(C3CCC3)c2n1.O=C(CCC1CCCO1)Nc1nc2ccc(Cl)nc2n1C1CCC1.O=C(CCC1CCOC1)Nc1nc2ccc(Cl)nc2n1C1CCC1. The molecule has 149 heavy (non-hydrogen) atoms. The van der Waals surface area contributed by atoms with Crippen molar-refractivity contribution in [2.75, 3.05) is 64.9 Å². The first-order valence-corrected chi connectivity index (χ1v) is 54.6. The Morgan fingerprint density at radius 1 is 0.396 bits per heavy atom. The van der Waals surface area contributed by atoms with Gasteiger partial charge in [0.2, 0.25) is 77.0 Å². The number of fused-ring (bicyclic) bond motifs is 6. The predicted molar refractivity (Wildman–Crippen MR) is 567 cm³/mol. The Bertz CT molecular complexity index is 6160. The molecule has 4 saturated heterocycles. The van der Waals surface area contributed by atoms with E-state index in [1.807, 2.05) is 90.8 Å². The Balaban J connectivity index is 0.000000122. The fraction of sp³-hybridized carbons (Fsp3) is 0.607. The Labute approximate surface area is 879 Å². The highest BCUT2D eigenvalue weighted by Gasteiger charge is 2.38. The number of anilines is 6. The molecule has 12 aromatic rings. The van der Waals surface area contributed by atoms with Gasteiger partial charge in [-0.3, -0.25) is 88.1 Å². The van der Waals surface area contributed by atoms with E-state index in [4.69, 9.17) is 63.2 Å². The molecule has 4 aliphatic heterocycles. The monoisotopic (exact) mass is 2120 g/mol. The molecule has 0 spiro atoms. The zero-order valence-corrected chi connectivity index (χ0v) is 89.0. The van der Waals surface area contributed by atoms with Crippen LogP contribution in [0.2, 0.25) is 15.5 Å². The molecule has 0 bridgehead atoms. The van der Waals surface area contributed by atoms with E-state index in [9.17, 15) is 41.9 Å². The normalized spacial score (nSPS) is 19.5. The summed E-state index contributed by atoms with van der Waals surface area (Å²) in [6.07, 6.45) is 31.1. The van der Waals surface area contributed by atoms with Crippen LogP contribution >= 0.6 is 34.8 Å². The number of nitrogens with one attached hydrogen (secondary N) is 6. The second-order valence-electron chi connectivity index (χ2n) is 42.8. The summed E-state index contributed by atoms with van der Waals surface area (Å²) < 4.78 is 83.8. The second-order valence-corrected chi connectivity index (χ2v) is 44.0. The van der Waals surface area contributed by atoms with Crippen LogP contribution in [0.4, 0.5) is 48.9 Å². The number of amides is 6. The zero-order chi connectivity index (χ0) is 105. The maximum atomic E-state index is 13.1. The van der Waals surface area contributed by atoms with Gasteiger partial charge in [-0.2, -0.15) is 18.2 Å². The van der Waals surface area contributed by atoms with Gasteiger partial charge in [0.1, 0.15) is 55.1 Å². The molecular weight excluding hydrogens is 1980 g/mol. The van der Waals surface area contributed by atoms with Gasteiger partial charge in [0.15, 0.2) is 33.9 Å². The van der Waals surface area contributed by atoms with Crippen LogP contribution in [0.3, 0.4) is 0 Å². The number of aryl methyl sites for hydroxylation is 2. The van der Waals surface area contributed by atoms with Crippen LogP contribution in [-0.4, -0.2) is 197 Å². The first-order chi connectivity index (χ1) is 71.6. The number of halogens is 6. The number of carbonyl (C=O) groups is 6. The van der Waals surface area contributed by atoms with Crippen LogP contribution in [0.15, 0.2) is 72.8 Å². The van der Waals surface area contributed by atoms with Crippen LogP contribution in [0.1, 0.15) is 321 Å². The Kier molecular flexibility index (Phi) is 36.2. The number of hydrogen-bond donors (Lipinski definition) is 6. The first-order valence-electron chi connectivity index (χ1n) is 53.4. The quantitative estimate of drug-likeness (QED) is 0.0220. The van der Waals surface area contributed by atoms with E-state index < -0.39 is 24.2 Å². The number of nitrogens with zero attached hydrogens (tertiary/aromatic N) is 18. The van der Waals surface area contributed by atoms with E-state index in [1.165, 1.54) is 69.9 Å². The van der Waals surface area contributed by atoms with Crippen molar-refractivity contribution in [3.8, 4) is 5.88 Å². The van der Waals surface area contributed by atoms with Crippen molar-refractivity contribution in [1.29, 1.82) is 0 Å². The highest BCUT2D eigenvalue weighted by molar-refractivity contribution is 6.30. The molecule has 6 N–H and O–H groups in total. The van der Waals surface area contributed by atoms with E-state index in [0.717, 1.165) is 239 Å². The van der Waals surface area contributed by atoms with Gasteiger partial charge in [-0.15, -0.1) is 0 Å². The lowest BCUT2D eigenvalue weighted by molar-refractivity contribution is -0.140. The van der Waals surface area contributed by atoms with Crippen LogP contribution < -0.4 is 36.6 Å². The molecule has 4 atom stereocenters. The molecule has 0 radical (unpaired) electrons. The topological polar surface area (TPSA) is 414 Å². The van der Waals surface area contributed by atoms with Gasteiger partial charge in [-0.25, -0.2) is 54.8 Å². The Morgan fingerprint density at radius 2 is 0.758 bits per heavy atom. The summed E-state index contributed by atoms with van der Waals surface area (Å²) in [5.74, 6) is 3.80. The average molecular weight is 2120 g/mol. The van der Waals surface area contributed by atoms with E-state index in [0.29, 0.717) is 113 Å². The fourth-order valence-electron chi connectivity index (χ4n) is 20.2. The molecule has 6 amide bonds. The summed E-state index contributed by atoms with van der Waals surface area (Å²) in [4.78, 5) is 128. The van der Waals surface area contributed by atoms with E-state index in [2.05, 4.69) is 115 Å². The lowest BCUT2D eigenvalue weighted by Gasteiger charge is -2.28. The number of hydrogen-bond acceptors (Lipinski definition) is 24. The Hall–Kier alpha value is -11.2. The minimum atomic E-state index is -4.51. The predicted octanol–water partition coefficient (Wildman–Crippen LogP) is 23.0. The molecule has 42 heteroatoms. The van der Waals surface area contributed by atoms with Crippen LogP contribution in [0.25, 0.3) is 67.0 Å². The molecule has 16 heterocycles. The smallest absolute Gasteiger partial charge is 0.406 e. The number of pyridine rings is 6. The standard InChI is InChI=1S/C19H26N4O.C18H23ClN4O2.C18H25F3N4O3.C18H24N4O2.2C17H21ClN4O2/c1-13-9-11-16-18(20-13)23(15-7-4-8-15)19(21-16)22-17(24)12-10-14-5-2-3-6-14;1-18(2)9-8-12(25-18)10-15(24)22-17-20-13-6-7-14(19)21-16(13)23(17)11-4-3-5-11;1-11(2)28-14-7-6-12-15(24-14)25(10-18(19,20)21)16(22-12)23-13(26)8-9-27-17(3,4)5;1-12-7-9-15-17(19-12)22(13-4-2-5-13)18(20-15)21-16(23)10-8-14-6-3-11-24-14;18-14-8-7-13-16(20-14)22(11-3-1-4-11)17(19-13)21-15(23)9-6-12-5-2-10-24-12;18-14-6-5-13-16(20-14)22(12-2-1-3-12)17(19-13)21-15(23)7-4-11-8-9-24-10-11/h9,11,14-15H,2-8,10,12H2,1H3,(H,21,22,24);6-7,11-12H,3-5,8-10H2,1-2H3,(H,20,22,24);6-7,11H,8-10H2,1-5H3,(H,22,23,26);7,9,13-14H,2-6,8,10-11H2,1H3,(H,20,21,23);7-8,11-12H,1-6,9-10H2,(H,19,21,23);5-6,11-12H,1-4,7-10H2,(H,19,21,23). The van der Waals surface area contributed by atoms with Gasteiger partial charge < -0.3 is 28.4 Å². The van der Waals surface area contributed by atoms with E-state index in [1.54, 1.807) is 32.0 Å². The maximum absolute atomic E-state index is 13.1. The molecule has 0 aromatic carbocycles. The van der Waals surface area contributed by atoms with Crippen molar-refractivity contribution in [3.63, 3.8) is 0 Å². The second kappa shape index (κ2) is 49.5. The van der Waals surface area contributed by atoms with Gasteiger partial charge in [0.25, 0.3) is 0 Å². The molecule has 802 valence electrons. The molecule has 10 aliphatic rings. The molecule has 22 rings (SSSR count). The number of imidazole rings is 6. The number of aromatic nitrogens is 18. The lowest BCUT2D eigenvalue weighted by Crippen LogP contribution is -2.26. The summed E-state index contributed by atoms with van der Waals surface area (Å²) in [5.41, 5.74) is 9.67. The molecule has 36 nitrogen and oxygen atoms in total. The third kappa shape index (κ3) is 29.2. The van der Waals surface area contributed by atoms with Gasteiger partial charge in [-0.05, 0) is 308 Å². The van der Waals surface area contributed by atoms with Gasteiger partial charge in [-0.1, -0.05) is 60.5 Å². The molecular formula is C107H140Cl3F3N24O12. The van der Waals surface area contributed by atoms with Crippen molar-refractivity contribution in [3.05, 3.63) is 99.6 Å². The molecule has 6 aliphatic carbocycles. The zero-order valence-electron chi connectivity index (χ0n) is 86.7. The van der Waals surface area contributed by atoms with Gasteiger partial charge in [0.05, 0.1) is 55.1 Å². The van der Waals surface area contributed by atoms with Gasteiger partial charge >= 0.3 is 6.18 Å². The van der Waals surface area contributed by atoms with Gasteiger partial charge in [0, 0.05) is 99.8 Å². The molecule has 12 aromatic heterocycles. The summed E-state index contributed by atoms with van der Waals surface area (Å²) >= 11 is 18.1. The highest BCUT2D eigenvalue weighted by atomic mass is 35.5. The first kappa shape index (κ1) is 109. The fourth-order valence-corrected chi connectivity index (χ4v) is 20.6. The summed E-state index contributed by atoms with van der Waals surface area (Å²) in [6.45, 7) is 19.2. The molecule has 6 saturated carbocycles. The van der Waals surface area contributed by atoms with Crippen LogP contribution in [0.5, 0.6) is 5.88 Å². The summed E-state index contributed by atoms with van der Waals surface area (Å²) in [7, 11) is 0. The number of ether oxygens (including phenoxy) is 6. The minimum Gasteiger partial charge on any atom is -0.475 e. The minimum absolute atomic E-state index is 0.00359. The molecule has 4 unspecified atom stereocenters. The van der Waals surface area contributed by atoms with Crippen molar-refractivity contribution in [2.24, 2.45) is 11.8 Å². The van der Waals surface area contributed by atoms with Crippen molar-refractivity contribution >= 4 is 173 Å². The third-order valence-electron chi connectivity index (χ3n) is 29.2. The van der Waals surface area contributed by atoms with Crippen molar-refractivity contribution in [2.45, 2.75) is 372 Å². The number of rotatable bonds is 31. The number of alkyl halides is 3. The van der Waals surface area contributed by atoms with Crippen molar-refractivity contribution < 1.29 is 70.4 Å². The Morgan fingerprint density at radius 3 is 1.11 bits per heavy atom. The maximum Gasteiger partial charge on any atom is 0.406 e. The largest absolute Gasteiger partial charge is 0.475 e. The van der Waals surface area contributed by atoms with Crippen LogP contribution in [0, 0.1) is 25.7 Å². The number of carbonyl (C=O) groups excluding carboxylic acids is 6. The highest BCUT2D eigenvalue weighted by Crippen LogP contribution is 2.44. The lowest BCUT2D eigenvalue weighted by atomic mass is 9.93. The van der Waals surface area contributed by atoms with Crippen molar-refractivity contribution in [1.82, 2.24) is 87.2 Å². The third-order valence-corrected chi connectivity index (χ3v) is 29.8. The average Bonchev–Trinajstić information content (AvgIpc) is 1.68. The summed E-state index contributed by atoms with van der Waals surface area (Å²) in [5, 5.41) is 18.7. The summed E-state index contributed by atoms with van der Waals surface area (Å²) in [6, 6.07) is 23.5. The van der Waals surface area contributed by atoms with Crippen LogP contribution in [-0.2, 0) is 59.0 Å².